The lowest BCUT2D eigenvalue weighted by Gasteiger charge is -2.00. The van der Waals surface area contributed by atoms with Crippen molar-refractivity contribution in [3.63, 3.8) is 0 Å². The van der Waals surface area contributed by atoms with Crippen LogP contribution in [-0.2, 0) is 10.1 Å². The van der Waals surface area contributed by atoms with E-state index in [-0.39, 0.29) is 21.2 Å². The van der Waals surface area contributed by atoms with Crippen LogP contribution in [0.25, 0.3) is 11.1 Å². The summed E-state index contributed by atoms with van der Waals surface area (Å²) in [4.78, 5) is 0. The summed E-state index contributed by atoms with van der Waals surface area (Å²) >= 11 is 6.22. The normalized spacial score (nSPS) is 12.9. The predicted molar refractivity (Wildman–Crippen MR) is 76.8 cm³/mol. The van der Waals surface area contributed by atoms with Gasteiger partial charge in [0.2, 0.25) is 7.14 Å². The quantitative estimate of drug-likeness (QED) is 0.418. The van der Waals surface area contributed by atoms with Crippen LogP contribution in [0, 0.1) is 7.14 Å². The molecule has 0 radical (unpaired) electrons. The van der Waals surface area contributed by atoms with Crippen molar-refractivity contribution in [2.75, 3.05) is 5.75 Å². The molecule has 9 heteroatoms. The van der Waals surface area contributed by atoms with E-state index in [2.05, 4.69) is 30.3 Å². The van der Waals surface area contributed by atoms with Gasteiger partial charge in [0.1, 0.15) is 0 Å². The molecule has 0 saturated carbocycles. The van der Waals surface area contributed by atoms with E-state index < -0.39 is 22.0 Å². The minimum atomic E-state index is -4.91. The molecule has 2 aromatic carbocycles. The second-order valence-electron chi connectivity index (χ2n) is 4.51. The lowest BCUT2D eigenvalue weighted by Crippen LogP contribution is -3.61. The highest BCUT2D eigenvalue weighted by Gasteiger charge is 2.34. The molecule has 0 unspecified atom stereocenters. The zero-order chi connectivity index (χ0) is 17.3. The molecule has 3 rings (SSSR count). The van der Waals surface area contributed by atoms with Crippen molar-refractivity contribution in [2.45, 2.75) is 6.18 Å². The second kappa shape index (κ2) is 6.96. The van der Waals surface area contributed by atoms with Crippen molar-refractivity contribution in [1.29, 1.82) is 0 Å². The van der Waals surface area contributed by atoms with Crippen LogP contribution in [0.5, 0.6) is 0 Å². The molecule has 0 atom stereocenters. The van der Waals surface area contributed by atoms with Crippen LogP contribution in [0.3, 0.4) is 0 Å². The first kappa shape index (κ1) is 18.5. The highest BCUT2D eigenvalue weighted by atomic mass is 127. The number of halogens is 5. The monoisotopic (exact) mass is 477 g/mol. The Morgan fingerprint density at radius 3 is 2.22 bits per heavy atom. The maximum absolute atomic E-state index is 11.0. The van der Waals surface area contributed by atoms with Crippen molar-refractivity contribution in [3.05, 3.63) is 54.6 Å². The molecule has 1 aliphatic heterocycles. The zero-order valence-electron chi connectivity index (χ0n) is 11.3. The van der Waals surface area contributed by atoms with Crippen LogP contribution in [-0.4, -0.2) is 24.9 Å². The molecule has 1 heterocycles. The first-order valence-electron chi connectivity index (χ1n) is 6.11. The Hall–Kier alpha value is -0.840. The molecule has 0 spiro atoms. The Kier molecular flexibility index (Phi) is 5.59. The van der Waals surface area contributed by atoms with E-state index in [1.54, 1.807) is 0 Å². The average Bonchev–Trinajstić information content (AvgIpc) is 2.74. The molecule has 0 saturated heterocycles. The first-order chi connectivity index (χ1) is 10.6. The largest absolute Gasteiger partial charge is 0.405 e. The summed E-state index contributed by atoms with van der Waals surface area (Å²) < 4.78 is 62.6. The third kappa shape index (κ3) is 5.33. The third-order valence-electron chi connectivity index (χ3n) is 2.66. The van der Waals surface area contributed by atoms with Crippen LogP contribution < -0.4 is 21.2 Å². The van der Waals surface area contributed by atoms with E-state index in [4.69, 9.17) is 16.2 Å². The summed E-state index contributed by atoms with van der Waals surface area (Å²) in [5, 5.41) is 0.896. The van der Waals surface area contributed by atoms with Gasteiger partial charge in [0.15, 0.2) is 5.75 Å². The Morgan fingerprint density at radius 1 is 1.04 bits per heavy atom. The van der Waals surface area contributed by atoms with Crippen molar-refractivity contribution in [2.24, 2.45) is 0 Å². The molecule has 0 aliphatic carbocycles. The van der Waals surface area contributed by atoms with Gasteiger partial charge in [-0.25, -0.2) is 0 Å². The van der Waals surface area contributed by atoms with E-state index in [0.29, 0.717) is 0 Å². The lowest BCUT2D eigenvalue weighted by molar-refractivity contribution is -0.589. The molecule has 23 heavy (non-hydrogen) atoms. The fraction of sp³-hybridized carbons (Fsp3) is 0.143. The number of rotatable bonds is 1. The molecule has 3 nitrogen and oxygen atoms in total. The number of benzene rings is 2. The SMILES string of the molecule is Clc1cccc2c1-c1ccccc1[I+]2.O=S(=O)(O)CC(F)(F)F. The molecular weight excluding hydrogens is 468 g/mol. The van der Waals surface area contributed by atoms with Crippen molar-refractivity contribution in [3.8, 4) is 11.1 Å². The molecular formula is C14H10ClF3IO3S+. The van der Waals surface area contributed by atoms with Crippen LogP contribution in [0.2, 0.25) is 5.02 Å². The van der Waals surface area contributed by atoms with Gasteiger partial charge in [0, 0.05) is 5.56 Å². The maximum atomic E-state index is 11.0. The summed E-state index contributed by atoms with van der Waals surface area (Å²) in [6.45, 7) is 0. The fourth-order valence-electron chi connectivity index (χ4n) is 1.90. The summed E-state index contributed by atoms with van der Waals surface area (Å²) in [7, 11) is -4.91. The molecule has 1 aliphatic rings. The van der Waals surface area contributed by atoms with E-state index in [9.17, 15) is 21.6 Å². The van der Waals surface area contributed by atoms with Crippen molar-refractivity contribution >= 4 is 21.7 Å². The second-order valence-corrected chi connectivity index (χ2v) is 9.24. The smallest absolute Gasteiger partial charge is 0.285 e. The van der Waals surface area contributed by atoms with Crippen LogP contribution >= 0.6 is 11.6 Å². The minimum absolute atomic E-state index is 0.00155. The summed E-state index contributed by atoms with van der Waals surface area (Å²) in [6.07, 6.45) is -4.85. The summed E-state index contributed by atoms with van der Waals surface area (Å²) in [5.74, 6) is -2.18. The van der Waals surface area contributed by atoms with Gasteiger partial charge in [-0.15, -0.1) is 0 Å². The zero-order valence-corrected chi connectivity index (χ0v) is 15.0. The number of fused-ring (bicyclic) bond motifs is 3. The molecule has 0 bridgehead atoms. The third-order valence-corrected chi connectivity index (χ3v) is 6.66. The molecule has 0 aromatic heterocycles. The molecule has 0 amide bonds. The highest BCUT2D eigenvalue weighted by molar-refractivity contribution is 7.85. The molecule has 1 N–H and O–H groups in total. The Morgan fingerprint density at radius 2 is 1.65 bits per heavy atom. The van der Waals surface area contributed by atoms with Gasteiger partial charge in [-0.05, 0) is 24.3 Å². The standard InChI is InChI=1S/C12H7ClI.C2H3F3O3S/c13-9-5-3-7-11-12(9)8-4-1-2-6-10(8)14-11;3-2(4,5)1-9(6,7)8/h1-7H;1H2,(H,6,7,8)/q+1;. The van der Waals surface area contributed by atoms with Gasteiger partial charge in [-0.1, -0.05) is 29.8 Å². The average molecular weight is 478 g/mol. The highest BCUT2D eigenvalue weighted by Crippen LogP contribution is 2.29. The minimum Gasteiger partial charge on any atom is -0.285 e. The van der Waals surface area contributed by atoms with Gasteiger partial charge in [-0.3, -0.25) is 4.55 Å². The Balaban J connectivity index is 0.000000188. The van der Waals surface area contributed by atoms with Crippen LogP contribution in [0.4, 0.5) is 13.2 Å². The Labute approximate surface area is 146 Å². The molecule has 2 aromatic rings. The fourth-order valence-corrected chi connectivity index (χ4v) is 5.74. The topological polar surface area (TPSA) is 54.4 Å². The Bertz CT molecular complexity index is 822. The van der Waals surface area contributed by atoms with Gasteiger partial charge >= 0.3 is 27.4 Å². The first-order valence-corrected chi connectivity index (χ1v) is 10.3. The summed E-state index contributed by atoms with van der Waals surface area (Å²) in [5.41, 5.74) is 2.62. The van der Waals surface area contributed by atoms with E-state index in [1.165, 1.54) is 18.3 Å². The lowest BCUT2D eigenvalue weighted by atomic mass is 10.1. The molecule has 0 fully saturated rings. The number of alkyl halides is 3. The van der Waals surface area contributed by atoms with E-state index >= 15 is 0 Å². The predicted octanol–water partition coefficient (Wildman–Crippen LogP) is 0.885. The van der Waals surface area contributed by atoms with Crippen molar-refractivity contribution < 1.29 is 47.3 Å². The number of hydrogen-bond donors (Lipinski definition) is 1. The van der Waals surface area contributed by atoms with Gasteiger partial charge < -0.3 is 0 Å². The van der Waals surface area contributed by atoms with Crippen LogP contribution in [0.15, 0.2) is 42.5 Å². The van der Waals surface area contributed by atoms with E-state index in [0.717, 1.165) is 5.02 Å². The van der Waals surface area contributed by atoms with Gasteiger partial charge in [-0.2, -0.15) is 21.6 Å². The van der Waals surface area contributed by atoms with Crippen LogP contribution in [0.1, 0.15) is 0 Å². The molecule has 124 valence electrons. The number of hydrogen-bond acceptors (Lipinski definition) is 2. The maximum Gasteiger partial charge on any atom is 0.405 e. The van der Waals surface area contributed by atoms with E-state index in [1.807, 2.05) is 12.1 Å². The van der Waals surface area contributed by atoms with Gasteiger partial charge in [0.05, 0.1) is 10.6 Å². The van der Waals surface area contributed by atoms with Crippen molar-refractivity contribution in [1.82, 2.24) is 0 Å². The summed E-state index contributed by atoms with van der Waals surface area (Å²) in [6, 6.07) is 14.8. The van der Waals surface area contributed by atoms with Gasteiger partial charge in [0.25, 0.3) is 10.1 Å².